The highest BCUT2D eigenvalue weighted by atomic mass is 79.9. The van der Waals surface area contributed by atoms with Crippen molar-refractivity contribution in [2.24, 2.45) is 0 Å². The Hall–Kier alpha value is -1.93. The van der Waals surface area contributed by atoms with E-state index in [0.29, 0.717) is 5.75 Å². The van der Waals surface area contributed by atoms with Crippen LogP contribution in [0.2, 0.25) is 0 Å². The standard InChI is InChI=1S/C18H15P.C6H6O.2BrH/c1-4-10-16(11-5-1)19(17-12-6-2-7-13-17)18-14-8-3-9-15-18;7-6-4-2-1-3-5-6;;/h1-15H;1-5,7H;2*1H. The molecule has 4 rings (SSSR count). The minimum absolute atomic E-state index is 0. The van der Waals surface area contributed by atoms with Crippen LogP contribution in [-0.2, 0) is 0 Å². The van der Waals surface area contributed by atoms with Gasteiger partial charge in [0, 0.05) is 0 Å². The summed E-state index contributed by atoms with van der Waals surface area (Å²) in [6.07, 6.45) is 0. The predicted molar refractivity (Wildman–Crippen MR) is 134 cm³/mol. The van der Waals surface area contributed by atoms with Crippen molar-refractivity contribution in [3.63, 3.8) is 0 Å². The number of hydrogen-bond donors (Lipinski definition) is 1. The summed E-state index contributed by atoms with van der Waals surface area (Å²) < 4.78 is 0. The number of aromatic hydroxyl groups is 1. The molecule has 0 radical (unpaired) electrons. The SMILES string of the molecule is Br.Br.Oc1ccccc1.c1ccc(P(c2ccccc2)c2ccccc2)cc1. The maximum atomic E-state index is 8.63. The van der Waals surface area contributed by atoms with Gasteiger partial charge in [-0.1, -0.05) is 109 Å². The fourth-order valence-electron chi connectivity index (χ4n) is 2.61. The highest BCUT2D eigenvalue weighted by Crippen LogP contribution is 2.32. The zero-order valence-corrected chi connectivity index (χ0v) is 19.6. The Kier molecular flexibility index (Phi) is 11.4. The van der Waals surface area contributed by atoms with E-state index >= 15 is 0 Å². The van der Waals surface area contributed by atoms with E-state index in [0.717, 1.165) is 0 Å². The average Bonchev–Trinajstić information content (AvgIpc) is 2.72. The lowest BCUT2D eigenvalue weighted by Gasteiger charge is -2.18. The van der Waals surface area contributed by atoms with E-state index < -0.39 is 7.92 Å². The predicted octanol–water partition coefficient (Wildman–Crippen LogP) is 5.99. The lowest BCUT2D eigenvalue weighted by molar-refractivity contribution is 0.475. The van der Waals surface area contributed by atoms with Crippen molar-refractivity contribution in [1.29, 1.82) is 0 Å². The third-order valence-corrected chi connectivity index (χ3v) is 6.24. The minimum atomic E-state index is -0.446. The van der Waals surface area contributed by atoms with Crippen LogP contribution in [0.3, 0.4) is 0 Å². The van der Waals surface area contributed by atoms with Gasteiger partial charge < -0.3 is 5.11 Å². The summed E-state index contributed by atoms with van der Waals surface area (Å²) in [5, 5.41) is 12.8. The summed E-state index contributed by atoms with van der Waals surface area (Å²) in [6, 6.07) is 41.0. The van der Waals surface area contributed by atoms with Gasteiger partial charge in [-0.3, -0.25) is 0 Å². The van der Waals surface area contributed by atoms with Crippen LogP contribution < -0.4 is 15.9 Å². The topological polar surface area (TPSA) is 20.2 Å². The van der Waals surface area contributed by atoms with Gasteiger partial charge in [-0.15, -0.1) is 34.0 Å². The molecular weight excluding hydrogens is 495 g/mol. The molecule has 0 bridgehead atoms. The number of phenols is 1. The third-order valence-electron chi connectivity index (χ3n) is 3.80. The molecule has 0 aliphatic carbocycles. The summed E-state index contributed by atoms with van der Waals surface area (Å²) in [5.74, 6) is 0.322. The molecule has 0 amide bonds. The Morgan fingerprint density at radius 1 is 0.393 bits per heavy atom. The van der Waals surface area contributed by atoms with Gasteiger partial charge in [0.05, 0.1) is 0 Å². The Morgan fingerprint density at radius 2 is 0.643 bits per heavy atom. The monoisotopic (exact) mass is 516 g/mol. The zero-order valence-electron chi connectivity index (χ0n) is 15.3. The Bertz CT molecular complexity index is 795. The van der Waals surface area contributed by atoms with Crippen LogP contribution in [0.4, 0.5) is 0 Å². The van der Waals surface area contributed by atoms with Crippen LogP contribution in [0.25, 0.3) is 0 Å². The molecule has 4 heteroatoms. The van der Waals surface area contributed by atoms with Gasteiger partial charge >= 0.3 is 0 Å². The second-order valence-corrected chi connectivity index (χ2v) is 7.90. The fraction of sp³-hybridized carbons (Fsp3) is 0. The van der Waals surface area contributed by atoms with Crippen molar-refractivity contribution in [1.82, 2.24) is 0 Å². The van der Waals surface area contributed by atoms with Crippen LogP contribution in [0.5, 0.6) is 5.75 Å². The van der Waals surface area contributed by atoms with Gasteiger partial charge in [0.2, 0.25) is 0 Å². The third kappa shape index (κ3) is 7.24. The van der Waals surface area contributed by atoms with Crippen molar-refractivity contribution in [2.45, 2.75) is 0 Å². The molecule has 0 saturated carbocycles. The highest BCUT2D eigenvalue weighted by molar-refractivity contribution is 8.93. The van der Waals surface area contributed by atoms with Crippen LogP contribution in [0.15, 0.2) is 121 Å². The Balaban J connectivity index is 0.000000373. The lowest BCUT2D eigenvalue weighted by Crippen LogP contribution is -2.20. The molecule has 0 unspecified atom stereocenters. The first-order valence-corrected chi connectivity index (χ1v) is 9.88. The summed E-state index contributed by atoms with van der Waals surface area (Å²) in [4.78, 5) is 0. The number of para-hydroxylation sites is 1. The highest BCUT2D eigenvalue weighted by Gasteiger charge is 2.14. The number of rotatable bonds is 3. The van der Waals surface area contributed by atoms with E-state index in [4.69, 9.17) is 5.11 Å². The van der Waals surface area contributed by atoms with Crippen molar-refractivity contribution >= 4 is 57.8 Å². The molecule has 1 N–H and O–H groups in total. The number of phenolic OH excluding ortho intramolecular Hbond substituents is 1. The molecule has 1 nitrogen and oxygen atoms in total. The number of hydrogen-bond acceptors (Lipinski definition) is 1. The molecule has 0 saturated heterocycles. The summed E-state index contributed by atoms with van der Waals surface area (Å²) in [6.45, 7) is 0. The first-order valence-electron chi connectivity index (χ1n) is 8.54. The second-order valence-electron chi connectivity index (χ2n) is 5.68. The van der Waals surface area contributed by atoms with E-state index in [1.165, 1.54) is 15.9 Å². The van der Waals surface area contributed by atoms with Gasteiger partial charge in [-0.2, -0.15) is 0 Å². The van der Waals surface area contributed by atoms with Crippen molar-refractivity contribution in [2.75, 3.05) is 0 Å². The average molecular weight is 518 g/mol. The van der Waals surface area contributed by atoms with Crippen LogP contribution in [0.1, 0.15) is 0 Å². The van der Waals surface area contributed by atoms with Crippen molar-refractivity contribution in [3.8, 4) is 5.75 Å². The van der Waals surface area contributed by atoms with Crippen LogP contribution in [0, 0.1) is 0 Å². The van der Waals surface area contributed by atoms with Gasteiger partial charge in [0.25, 0.3) is 0 Å². The Morgan fingerprint density at radius 3 is 0.857 bits per heavy atom. The van der Waals surface area contributed by atoms with E-state index in [-0.39, 0.29) is 34.0 Å². The van der Waals surface area contributed by atoms with Gasteiger partial charge in [-0.25, -0.2) is 0 Å². The molecule has 4 aromatic rings. The maximum Gasteiger partial charge on any atom is 0.115 e. The van der Waals surface area contributed by atoms with Crippen molar-refractivity contribution < 1.29 is 5.11 Å². The van der Waals surface area contributed by atoms with E-state index in [1.807, 2.05) is 6.07 Å². The molecule has 0 heterocycles. The largest absolute Gasteiger partial charge is 0.508 e. The minimum Gasteiger partial charge on any atom is -0.508 e. The first-order chi connectivity index (χ1) is 12.8. The molecule has 0 spiro atoms. The molecule has 0 aliphatic heterocycles. The molecule has 4 aromatic carbocycles. The summed E-state index contributed by atoms with van der Waals surface area (Å²) >= 11 is 0. The molecule has 0 fully saturated rings. The summed E-state index contributed by atoms with van der Waals surface area (Å²) in [7, 11) is -0.446. The molecule has 0 aliphatic rings. The zero-order chi connectivity index (χ0) is 18.0. The molecular formula is C24H23Br2OP. The molecule has 28 heavy (non-hydrogen) atoms. The molecule has 144 valence electrons. The van der Waals surface area contributed by atoms with Gasteiger partial charge in [0.15, 0.2) is 0 Å². The normalized spacial score (nSPS) is 9.32. The fourth-order valence-corrected chi connectivity index (χ4v) is 4.91. The molecule has 0 atom stereocenters. The number of halogens is 2. The second kappa shape index (κ2) is 13.3. The lowest BCUT2D eigenvalue weighted by atomic mass is 10.3. The van der Waals surface area contributed by atoms with E-state index in [9.17, 15) is 0 Å². The van der Waals surface area contributed by atoms with E-state index in [2.05, 4.69) is 91.0 Å². The Labute approximate surface area is 189 Å². The number of benzene rings is 4. The first kappa shape index (κ1) is 24.1. The maximum absolute atomic E-state index is 8.63. The smallest absolute Gasteiger partial charge is 0.115 e. The van der Waals surface area contributed by atoms with Crippen LogP contribution in [-0.4, -0.2) is 5.11 Å². The van der Waals surface area contributed by atoms with Gasteiger partial charge in [0.1, 0.15) is 5.75 Å². The van der Waals surface area contributed by atoms with Gasteiger partial charge in [-0.05, 0) is 36.0 Å². The van der Waals surface area contributed by atoms with Crippen LogP contribution >= 0.6 is 41.9 Å². The quantitative estimate of drug-likeness (QED) is 0.331. The van der Waals surface area contributed by atoms with Crippen molar-refractivity contribution in [3.05, 3.63) is 121 Å². The van der Waals surface area contributed by atoms with E-state index in [1.54, 1.807) is 24.3 Å². The molecule has 0 aromatic heterocycles. The summed E-state index contributed by atoms with van der Waals surface area (Å²) in [5.41, 5.74) is 0.